The van der Waals surface area contributed by atoms with Crippen molar-refractivity contribution in [1.82, 2.24) is 0 Å². The summed E-state index contributed by atoms with van der Waals surface area (Å²) in [4.78, 5) is 12.5. The maximum Gasteiger partial charge on any atom is 0.263 e. The normalized spacial score (nSPS) is 10.0. The van der Waals surface area contributed by atoms with Gasteiger partial charge < -0.3 is 20.5 Å². The number of nitrogens with two attached hydrogens (primary N) is 1. The minimum absolute atomic E-state index is 0.307. The highest BCUT2D eigenvalue weighted by Crippen LogP contribution is 2.30. The standard InChI is InChI=1S/C16H18N2O3/c1-10-11(17)6-4-7-12(10)18-16(19)15-13(20-2)8-5-9-14(15)21-3/h4-9H,17H2,1-3H3,(H,18,19). The van der Waals surface area contributed by atoms with E-state index in [2.05, 4.69) is 5.32 Å². The molecule has 0 saturated heterocycles. The molecular formula is C16H18N2O3. The minimum Gasteiger partial charge on any atom is -0.496 e. The number of anilines is 2. The molecule has 0 spiro atoms. The third kappa shape index (κ3) is 2.91. The molecule has 0 bridgehead atoms. The Hall–Kier alpha value is -2.69. The van der Waals surface area contributed by atoms with E-state index in [1.165, 1.54) is 14.2 Å². The van der Waals surface area contributed by atoms with Gasteiger partial charge in [-0.2, -0.15) is 0 Å². The zero-order chi connectivity index (χ0) is 15.4. The van der Waals surface area contributed by atoms with Crippen molar-refractivity contribution in [2.24, 2.45) is 0 Å². The number of rotatable bonds is 4. The number of benzene rings is 2. The molecule has 5 nitrogen and oxygen atoms in total. The van der Waals surface area contributed by atoms with Gasteiger partial charge in [-0.05, 0) is 36.8 Å². The summed E-state index contributed by atoms with van der Waals surface area (Å²) in [5.74, 6) is 0.597. The van der Waals surface area contributed by atoms with Crippen LogP contribution in [0, 0.1) is 6.92 Å². The molecule has 3 N–H and O–H groups in total. The van der Waals surface area contributed by atoms with E-state index in [9.17, 15) is 4.79 Å². The molecule has 21 heavy (non-hydrogen) atoms. The number of amides is 1. The summed E-state index contributed by atoms with van der Waals surface area (Å²) in [6, 6.07) is 10.6. The van der Waals surface area contributed by atoms with Gasteiger partial charge in [0.05, 0.1) is 14.2 Å². The summed E-state index contributed by atoms with van der Waals surface area (Å²) in [6.07, 6.45) is 0. The quantitative estimate of drug-likeness (QED) is 0.848. The summed E-state index contributed by atoms with van der Waals surface area (Å²) >= 11 is 0. The average molecular weight is 286 g/mol. The number of ether oxygens (including phenoxy) is 2. The van der Waals surface area contributed by atoms with E-state index in [-0.39, 0.29) is 5.91 Å². The Balaban J connectivity index is 2.39. The van der Waals surface area contributed by atoms with Crippen molar-refractivity contribution in [2.75, 3.05) is 25.3 Å². The minimum atomic E-state index is -0.307. The monoisotopic (exact) mass is 286 g/mol. The smallest absolute Gasteiger partial charge is 0.263 e. The van der Waals surface area contributed by atoms with Crippen LogP contribution >= 0.6 is 0 Å². The molecule has 1 amide bonds. The van der Waals surface area contributed by atoms with E-state index in [4.69, 9.17) is 15.2 Å². The number of methoxy groups -OCH3 is 2. The topological polar surface area (TPSA) is 73.6 Å². The molecule has 2 aromatic rings. The van der Waals surface area contributed by atoms with Gasteiger partial charge in [-0.1, -0.05) is 12.1 Å². The van der Waals surface area contributed by atoms with E-state index >= 15 is 0 Å². The van der Waals surface area contributed by atoms with Crippen molar-refractivity contribution < 1.29 is 14.3 Å². The first kappa shape index (κ1) is 14.7. The van der Waals surface area contributed by atoms with Gasteiger partial charge in [-0.15, -0.1) is 0 Å². The summed E-state index contributed by atoms with van der Waals surface area (Å²) in [5.41, 5.74) is 8.30. The average Bonchev–Trinajstić information content (AvgIpc) is 2.50. The van der Waals surface area contributed by atoms with Crippen molar-refractivity contribution in [2.45, 2.75) is 6.92 Å². The molecule has 0 heterocycles. The third-order valence-electron chi connectivity index (χ3n) is 3.28. The molecule has 2 rings (SSSR count). The van der Waals surface area contributed by atoms with Gasteiger partial charge in [0.25, 0.3) is 5.91 Å². The first-order chi connectivity index (χ1) is 10.1. The van der Waals surface area contributed by atoms with Crippen LogP contribution in [-0.4, -0.2) is 20.1 Å². The SMILES string of the molecule is COc1cccc(OC)c1C(=O)Nc1cccc(N)c1C. The van der Waals surface area contributed by atoms with Gasteiger partial charge in [0, 0.05) is 11.4 Å². The zero-order valence-corrected chi connectivity index (χ0v) is 12.3. The summed E-state index contributed by atoms with van der Waals surface area (Å²) in [7, 11) is 3.02. The van der Waals surface area contributed by atoms with E-state index in [1.54, 1.807) is 36.4 Å². The first-order valence-electron chi connectivity index (χ1n) is 6.46. The second-order valence-corrected chi connectivity index (χ2v) is 4.51. The predicted octanol–water partition coefficient (Wildman–Crippen LogP) is 2.85. The Kier molecular flexibility index (Phi) is 4.33. The van der Waals surface area contributed by atoms with E-state index in [0.29, 0.717) is 28.4 Å². The fraction of sp³-hybridized carbons (Fsp3) is 0.188. The lowest BCUT2D eigenvalue weighted by Gasteiger charge is -2.14. The predicted molar refractivity (Wildman–Crippen MR) is 83.1 cm³/mol. The number of nitrogen functional groups attached to an aromatic ring is 1. The molecule has 0 aliphatic heterocycles. The number of hydrogen-bond acceptors (Lipinski definition) is 4. The molecule has 0 aliphatic carbocycles. The van der Waals surface area contributed by atoms with Gasteiger partial charge in [0.2, 0.25) is 0 Å². The number of carbonyl (C=O) groups excluding carboxylic acids is 1. The molecule has 0 atom stereocenters. The molecule has 0 fully saturated rings. The van der Waals surface area contributed by atoms with E-state index < -0.39 is 0 Å². The second kappa shape index (κ2) is 6.17. The number of nitrogens with one attached hydrogen (secondary N) is 1. The molecule has 0 aromatic heterocycles. The molecule has 2 aromatic carbocycles. The zero-order valence-electron chi connectivity index (χ0n) is 12.3. The Morgan fingerprint density at radius 1 is 1.05 bits per heavy atom. The van der Waals surface area contributed by atoms with Crippen LogP contribution in [-0.2, 0) is 0 Å². The summed E-state index contributed by atoms with van der Waals surface area (Å²) in [5, 5.41) is 2.84. The van der Waals surface area contributed by atoms with Crippen LogP contribution in [0.15, 0.2) is 36.4 Å². The van der Waals surface area contributed by atoms with Crippen molar-refractivity contribution >= 4 is 17.3 Å². The van der Waals surface area contributed by atoms with Crippen LogP contribution in [0.2, 0.25) is 0 Å². The fourth-order valence-electron chi connectivity index (χ4n) is 2.05. The van der Waals surface area contributed by atoms with Crippen LogP contribution in [0.25, 0.3) is 0 Å². The van der Waals surface area contributed by atoms with Gasteiger partial charge in [0.1, 0.15) is 17.1 Å². The molecular weight excluding hydrogens is 268 g/mol. The second-order valence-electron chi connectivity index (χ2n) is 4.51. The van der Waals surface area contributed by atoms with Crippen LogP contribution in [0.5, 0.6) is 11.5 Å². The summed E-state index contributed by atoms with van der Waals surface area (Å²) in [6.45, 7) is 1.85. The van der Waals surface area contributed by atoms with Gasteiger partial charge in [-0.3, -0.25) is 4.79 Å². The lowest BCUT2D eigenvalue weighted by atomic mass is 10.1. The number of carbonyl (C=O) groups is 1. The Bertz CT molecular complexity index is 646. The lowest BCUT2D eigenvalue weighted by Crippen LogP contribution is -2.15. The van der Waals surface area contributed by atoms with Gasteiger partial charge in [-0.25, -0.2) is 0 Å². The van der Waals surface area contributed by atoms with Crippen LogP contribution in [0.4, 0.5) is 11.4 Å². The Morgan fingerprint density at radius 2 is 1.62 bits per heavy atom. The first-order valence-corrected chi connectivity index (χ1v) is 6.46. The lowest BCUT2D eigenvalue weighted by molar-refractivity contribution is 0.102. The Labute approximate surface area is 123 Å². The fourth-order valence-corrected chi connectivity index (χ4v) is 2.05. The van der Waals surface area contributed by atoms with Crippen molar-refractivity contribution in [3.8, 4) is 11.5 Å². The van der Waals surface area contributed by atoms with Crippen LogP contribution in [0.3, 0.4) is 0 Å². The molecule has 110 valence electrons. The van der Waals surface area contributed by atoms with Crippen LogP contribution < -0.4 is 20.5 Å². The van der Waals surface area contributed by atoms with Crippen molar-refractivity contribution in [3.63, 3.8) is 0 Å². The van der Waals surface area contributed by atoms with E-state index in [0.717, 1.165) is 5.56 Å². The van der Waals surface area contributed by atoms with Crippen LogP contribution in [0.1, 0.15) is 15.9 Å². The molecule has 0 saturated carbocycles. The van der Waals surface area contributed by atoms with E-state index in [1.807, 2.05) is 6.92 Å². The molecule has 0 unspecified atom stereocenters. The van der Waals surface area contributed by atoms with Crippen molar-refractivity contribution in [3.05, 3.63) is 47.5 Å². The largest absolute Gasteiger partial charge is 0.496 e. The Morgan fingerprint density at radius 3 is 2.19 bits per heavy atom. The highest BCUT2D eigenvalue weighted by molar-refractivity contribution is 6.08. The number of hydrogen-bond donors (Lipinski definition) is 2. The summed E-state index contributed by atoms with van der Waals surface area (Å²) < 4.78 is 10.5. The highest BCUT2D eigenvalue weighted by Gasteiger charge is 2.19. The maximum absolute atomic E-state index is 12.5. The van der Waals surface area contributed by atoms with Gasteiger partial charge in [0.15, 0.2) is 0 Å². The highest BCUT2D eigenvalue weighted by atomic mass is 16.5. The van der Waals surface area contributed by atoms with Gasteiger partial charge >= 0.3 is 0 Å². The maximum atomic E-state index is 12.5. The third-order valence-corrected chi connectivity index (χ3v) is 3.28. The molecule has 0 radical (unpaired) electrons. The molecule has 0 aliphatic rings. The van der Waals surface area contributed by atoms with Crippen molar-refractivity contribution in [1.29, 1.82) is 0 Å². The molecule has 5 heteroatoms.